The number of β-lactam (4-membered cyclic amide) rings is 1. The molecule has 0 aliphatic carbocycles. The van der Waals surface area contributed by atoms with Crippen LogP contribution in [0.25, 0.3) is 0 Å². The number of nitrogens with zero attached hydrogens (tertiary/aromatic N) is 3. The summed E-state index contributed by atoms with van der Waals surface area (Å²) in [5.74, 6) is -0.588. The molecule has 3 rings (SSSR count). The lowest BCUT2D eigenvalue weighted by molar-refractivity contribution is -0.384. The van der Waals surface area contributed by atoms with Crippen LogP contribution in [0.15, 0.2) is 40.3 Å². The molecule has 0 spiro atoms. The molecule has 2 atom stereocenters. The van der Waals surface area contributed by atoms with Gasteiger partial charge in [-0.05, 0) is 59.2 Å². The minimum absolute atomic E-state index is 0.0468. The van der Waals surface area contributed by atoms with Crippen molar-refractivity contribution in [3.8, 4) is 0 Å². The van der Waals surface area contributed by atoms with Gasteiger partial charge >= 0.3 is 13.6 Å². The highest BCUT2D eigenvalue weighted by Crippen LogP contribution is 2.66. The molecule has 0 saturated carbocycles. The lowest BCUT2D eigenvalue weighted by Gasteiger charge is -2.50. The van der Waals surface area contributed by atoms with Crippen LogP contribution in [0.5, 0.6) is 0 Å². The molecular formula is C24H32N3O8PS. The number of thioether (sulfide) groups is 1. The fourth-order valence-electron chi connectivity index (χ4n) is 3.69. The molecule has 2 aliphatic rings. The number of non-ortho nitro benzene ring substituents is 1. The molecule has 1 aromatic carbocycles. The normalized spacial score (nSPS) is 20.6. The second-order valence-electron chi connectivity index (χ2n) is 10.6. The lowest BCUT2D eigenvalue weighted by Crippen LogP contribution is -2.63. The Morgan fingerprint density at radius 2 is 1.76 bits per heavy atom. The average Bonchev–Trinajstić information content (AvgIpc) is 2.74. The molecule has 0 aromatic heterocycles. The van der Waals surface area contributed by atoms with E-state index in [9.17, 15) is 24.3 Å². The maximum absolute atomic E-state index is 14.4. The maximum atomic E-state index is 14.4. The van der Waals surface area contributed by atoms with Crippen LogP contribution < -0.4 is 0 Å². The molecule has 0 bridgehead atoms. The van der Waals surface area contributed by atoms with Gasteiger partial charge in [-0.3, -0.25) is 43.2 Å². The Bertz CT molecular complexity index is 1160. The van der Waals surface area contributed by atoms with Gasteiger partial charge in [0.15, 0.2) is 6.04 Å². The molecular weight excluding hydrogens is 521 g/mol. The average molecular weight is 554 g/mol. The Kier molecular flexibility index (Phi) is 8.38. The molecule has 1 amide bonds. The van der Waals surface area contributed by atoms with E-state index in [1.165, 1.54) is 41.9 Å². The zero-order chi connectivity index (χ0) is 27.8. The van der Waals surface area contributed by atoms with Crippen molar-refractivity contribution in [2.45, 2.75) is 71.1 Å². The first kappa shape index (κ1) is 29.0. The molecule has 1 saturated heterocycles. The van der Waals surface area contributed by atoms with Crippen LogP contribution in [0.1, 0.15) is 54.0 Å². The first-order valence-electron chi connectivity index (χ1n) is 11.6. The summed E-state index contributed by atoms with van der Waals surface area (Å²) in [6.07, 6.45) is 1.48. The van der Waals surface area contributed by atoms with Crippen molar-refractivity contribution in [2.75, 3.05) is 12.4 Å². The van der Waals surface area contributed by atoms with Gasteiger partial charge in [0.1, 0.15) is 17.4 Å². The third-order valence-electron chi connectivity index (χ3n) is 4.97. The zero-order valence-electron chi connectivity index (χ0n) is 21.9. The summed E-state index contributed by atoms with van der Waals surface area (Å²) in [6.45, 7) is 11.5. The van der Waals surface area contributed by atoms with Crippen LogP contribution in [0.3, 0.4) is 0 Å². The van der Waals surface area contributed by atoms with Crippen molar-refractivity contribution in [1.29, 1.82) is 0 Å². The number of hydrogen-bond donors (Lipinski definition) is 0. The number of ether oxygens (including phenoxy) is 1. The number of hydrogen-bond acceptors (Lipinski definition) is 10. The molecule has 11 nitrogen and oxygen atoms in total. The molecule has 0 radical (unpaired) electrons. The first-order chi connectivity index (χ1) is 17.0. The molecule has 1 fully saturated rings. The van der Waals surface area contributed by atoms with Crippen molar-refractivity contribution in [3.63, 3.8) is 0 Å². The molecule has 13 heteroatoms. The van der Waals surface area contributed by atoms with Gasteiger partial charge in [0.2, 0.25) is 0 Å². The largest absolute Gasteiger partial charge is 0.461 e. The third kappa shape index (κ3) is 7.07. The number of amides is 1. The van der Waals surface area contributed by atoms with Gasteiger partial charge in [0.25, 0.3) is 11.6 Å². The topological polar surface area (TPSA) is 138 Å². The van der Waals surface area contributed by atoms with E-state index in [-0.39, 0.29) is 17.7 Å². The highest BCUT2D eigenvalue weighted by atomic mass is 32.2. The summed E-state index contributed by atoms with van der Waals surface area (Å²) < 4.78 is 31.7. The SMILES string of the molecule is CC(=O)OCC1=C(P(=O)(OC(C)(C)C)OC(C)(C)C)N2C(=O)[C@H](N=Cc3ccc([N+](=O)[O-])cc3)[C@H]2SC1. The van der Waals surface area contributed by atoms with Gasteiger partial charge in [-0.25, -0.2) is 0 Å². The van der Waals surface area contributed by atoms with Gasteiger partial charge in [-0.2, -0.15) is 0 Å². The zero-order valence-corrected chi connectivity index (χ0v) is 23.6. The Balaban J connectivity index is 1.97. The Morgan fingerprint density at radius 1 is 1.19 bits per heavy atom. The third-order valence-corrected chi connectivity index (χ3v) is 8.92. The summed E-state index contributed by atoms with van der Waals surface area (Å²) in [4.78, 5) is 41.1. The van der Waals surface area contributed by atoms with E-state index in [1.54, 1.807) is 53.7 Å². The number of rotatable bonds is 8. The van der Waals surface area contributed by atoms with Crippen LogP contribution in [-0.4, -0.2) is 62.9 Å². The fourth-order valence-corrected chi connectivity index (χ4v) is 7.87. The Labute approximate surface area is 220 Å². The van der Waals surface area contributed by atoms with Gasteiger partial charge in [0, 0.05) is 36.6 Å². The summed E-state index contributed by atoms with van der Waals surface area (Å²) in [7, 11) is -4.09. The summed E-state index contributed by atoms with van der Waals surface area (Å²) in [6, 6.07) is 5.04. The van der Waals surface area contributed by atoms with E-state index in [2.05, 4.69) is 4.99 Å². The fraction of sp³-hybridized carbons (Fsp3) is 0.542. The van der Waals surface area contributed by atoms with Crippen molar-refractivity contribution in [1.82, 2.24) is 4.90 Å². The second kappa shape index (κ2) is 10.7. The van der Waals surface area contributed by atoms with E-state index in [4.69, 9.17) is 13.8 Å². The number of carbonyl (C=O) groups excluding carboxylic acids is 2. The van der Waals surface area contributed by atoms with Crippen LogP contribution in [0.2, 0.25) is 0 Å². The summed E-state index contributed by atoms with van der Waals surface area (Å²) in [5, 5.41) is 10.4. The lowest BCUT2D eigenvalue weighted by atomic mass is 10.1. The summed E-state index contributed by atoms with van der Waals surface area (Å²) >= 11 is 1.40. The maximum Gasteiger partial charge on any atom is 0.378 e. The number of benzene rings is 1. The van der Waals surface area contributed by atoms with E-state index in [0.29, 0.717) is 16.9 Å². The molecule has 0 N–H and O–H groups in total. The number of nitro benzene ring substituents is 1. The second-order valence-corrected chi connectivity index (χ2v) is 13.5. The van der Waals surface area contributed by atoms with Crippen molar-refractivity contribution in [3.05, 3.63) is 51.0 Å². The molecule has 0 unspecified atom stereocenters. The summed E-state index contributed by atoms with van der Waals surface area (Å²) in [5.41, 5.74) is -0.631. The quantitative estimate of drug-likeness (QED) is 0.110. The Morgan fingerprint density at radius 3 is 2.24 bits per heavy atom. The number of aliphatic imine (C=N–C) groups is 1. The predicted molar refractivity (Wildman–Crippen MR) is 141 cm³/mol. The van der Waals surface area contributed by atoms with E-state index < -0.39 is 47.0 Å². The predicted octanol–water partition coefficient (Wildman–Crippen LogP) is 4.90. The van der Waals surface area contributed by atoms with Gasteiger partial charge in [0.05, 0.1) is 16.1 Å². The van der Waals surface area contributed by atoms with E-state index in [0.717, 1.165) is 0 Å². The van der Waals surface area contributed by atoms with Crippen molar-refractivity contribution >= 4 is 43.1 Å². The number of nitro groups is 1. The van der Waals surface area contributed by atoms with Crippen LogP contribution >= 0.6 is 19.4 Å². The monoisotopic (exact) mass is 553 g/mol. The minimum atomic E-state index is -4.09. The van der Waals surface area contributed by atoms with E-state index in [1.807, 2.05) is 0 Å². The smallest absolute Gasteiger partial charge is 0.378 e. The van der Waals surface area contributed by atoms with Crippen LogP contribution in [0, 0.1) is 10.1 Å². The molecule has 2 heterocycles. The van der Waals surface area contributed by atoms with E-state index >= 15 is 0 Å². The highest BCUT2D eigenvalue weighted by molar-refractivity contribution is 8.00. The number of fused-ring (bicyclic) bond motifs is 1. The van der Waals surface area contributed by atoms with Gasteiger partial charge < -0.3 is 4.74 Å². The standard InChI is InChI=1S/C24H32N3O8PS/c1-15(28)33-13-17-14-37-22-19(25-12-16-8-10-18(11-9-16)27(30)31)20(29)26(22)21(17)36(32,34-23(2,3)4)35-24(5,6)7/h8-12,19,22H,13-14H2,1-7H3/t19-,22+/m0/s1. The van der Waals surface area contributed by atoms with Crippen molar-refractivity contribution in [2.24, 2.45) is 4.99 Å². The number of carbonyl (C=O) groups is 2. The number of esters is 1. The molecule has 37 heavy (non-hydrogen) atoms. The molecule has 202 valence electrons. The molecule has 2 aliphatic heterocycles. The van der Waals surface area contributed by atoms with Crippen molar-refractivity contribution < 1.29 is 32.9 Å². The highest BCUT2D eigenvalue weighted by Gasteiger charge is 2.58. The Hall–Kier alpha value is -2.53. The minimum Gasteiger partial charge on any atom is -0.461 e. The first-order valence-corrected chi connectivity index (χ1v) is 14.2. The van der Waals surface area contributed by atoms with Crippen LogP contribution in [-0.2, 0) is 27.9 Å². The van der Waals surface area contributed by atoms with Gasteiger partial charge in [-0.1, -0.05) is 0 Å². The van der Waals surface area contributed by atoms with Crippen LogP contribution in [0.4, 0.5) is 5.69 Å². The molecule has 1 aromatic rings. The van der Waals surface area contributed by atoms with Gasteiger partial charge in [-0.15, -0.1) is 11.8 Å².